The number of aryl methyl sites for hydroxylation is 3. The lowest BCUT2D eigenvalue weighted by Gasteiger charge is -2.32. The number of anilines is 2. The number of nitrogens with two attached hydrogens (primary N) is 2. The summed E-state index contributed by atoms with van der Waals surface area (Å²) in [6.45, 7) is 12.3. The number of hydrogen-bond donors (Lipinski definition) is 3. The van der Waals surface area contributed by atoms with E-state index in [9.17, 15) is 0 Å². The SMILES string of the molecule is Cc1cc(-c2c(C)cccc2C)cc(N)c1/N=C(\N)Nc1ccc(OCCN2CCN(C)CC2)cc1. The van der Waals surface area contributed by atoms with E-state index in [2.05, 4.69) is 65.3 Å². The topological polar surface area (TPSA) is 92.1 Å². The van der Waals surface area contributed by atoms with Gasteiger partial charge in [0.15, 0.2) is 5.96 Å². The fraction of sp³-hybridized carbons (Fsp3) is 0.345. The quantitative estimate of drug-likeness (QED) is 0.258. The molecule has 1 aliphatic heterocycles. The lowest BCUT2D eigenvalue weighted by Crippen LogP contribution is -2.45. The lowest BCUT2D eigenvalue weighted by molar-refractivity contribution is 0.134. The molecule has 5 N–H and O–H groups in total. The van der Waals surface area contributed by atoms with Crippen LogP contribution in [0.5, 0.6) is 5.75 Å². The summed E-state index contributed by atoms with van der Waals surface area (Å²) < 4.78 is 5.93. The van der Waals surface area contributed by atoms with Gasteiger partial charge in [-0.15, -0.1) is 0 Å². The van der Waals surface area contributed by atoms with E-state index < -0.39 is 0 Å². The van der Waals surface area contributed by atoms with Crippen molar-refractivity contribution in [2.45, 2.75) is 20.8 Å². The van der Waals surface area contributed by atoms with Crippen LogP contribution in [0.1, 0.15) is 16.7 Å². The normalized spacial score (nSPS) is 15.2. The standard InChI is InChI=1S/C29H38N6O/c1-20-6-5-7-21(2)27(20)23-18-22(3)28(26(30)19-23)33-29(31)32-24-8-10-25(11-9-24)36-17-16-35-14-12-34(4)13-15-35/h5-11,18-19H,12-17,30H2,1-4H3,(H3,31,32,33). The third-order valence-corrected chi connectivity index (χ3v) is 6.73. The Morgan fingerprint density at radius 3 is 2.25 bits per heavy atom. The van der Waals surface area contributed by atoms with Crippen molar-refractivity contribution in [2.24, 2.45) is 10.7 Å². The van der Waals surface area contributed by atoms with Crippen LogP contribution in [0.4, 0.5) is 17.1 Å². The fourth-order valence-corrected chi connectivity index (χ4v) is 4.67. The molecule has 0 radical (unpaired) electrons. The molecule has 1 aliphatic rings. The smallest absolute Gasteiger partial charge is 0.198 e. The van der Waals surface area contributed by atoms with Crippen LogP contribution in [-0.4, -0.2) is 62.1 Å². The van der Waals surface area contributed by atoms with Gasteiger partial charge in [-0.3, -0.25) is 4.90 Å². The second-order valence-corrected chi connectivity index (χ2v) is 9.64. The Hall–Kier alpha value is -3.55. The first kappa shape index (κ1) is 25.5. The van der Waals surface area contributed by atoms with Gasteiger partial charge in [0.2, 0.25) is 0 Å². The number of rotatable bonds is 7. The van der Waals surface area contributed by atoms with Gasteiger partial charge in [0.25, 0.3) is 0 Å². The maximum absolute atomic E-state index is 6.42. The van der Waals surface area contributed by atoms with E-state index in [0.717, 1.165) is 55.3 Å². The van der Waals surface area contributed by atoms with Crippen molar-refractivity contribution < 1.29 is 4.74 Å². The molecule has 1 heterocycles. The number of ether oxygens (including phenoxy) is 1. The molecule has 0 aromatic heterocycles. The van der Waals surface area contributed by atoms with E-state index in [1.165, 1.54) is 16.7 Å². The number of nitrogens with zero attached hydrogens (tertiary/aromatic N) is 3. The maximum Gasteiger partial charge on any atom is 0.198 e. The van der Waals surface area contributed by atoms with Crippen LogP contribution in [0.3, 0.4) is 0 Å². The number of piperazine rings is 1. The Balaban J connectivity index is 1.37. The van der Waals surface area contributed by atoms with Crippen LogP contribution in [0.2, 0.25) is 0 Å². The van der Waals surface area contributed by atoms with Gasteiger partial charge in [-0.05, 0) is 92.0 Å². The van der Waals surface area contributed by atoms with Crippen molar-refractivity contribution in [1.82, 2.24) is 9.80 Å². The number of guanidine groups is 1. The highest BCUT2D eigenvalue weighted by Gasteiger charge is 2.13. The summed E-state index contributed by atoms with van der Waals surface area (Å²) in [5.41, 5.74) is 20.5. The predicted octanol–water partition coefficient (Wildman–Crippen LogP) is 4.55. The van der Waals surface area contributed by atoms with Crippen molar-refractivity contribution in [3.8, 4) is 16.9 Å². The first-order valence-corrected chi connectivity index (χ1v) is 12.5. The first-order valence-electron chi connectivity index (χ1n) is 12.5. The summed E-state index contributed by atoms with van der Waals surface area (Å²) >= 11 is 0. The molecular formula is C29H38N6O. The van der Waals surface area contributed by atoms with Gasteiger partial charge < -0.3 is 26.4 Å². The minimum absolute atomic E-state index is 0.286. The predicted molar refractivity (Wildman–Crippen MR) is 151 cm³/mol. The molecule has 1 fully saturated rings. The number of hydrogen-bond acceptors (Lipinski definition) is 5. The summed E-state index contributed by atoms with van der Waals surface area (Å²) in [7, 11) is 2.17. The highest BCUT2D eigenvalue weighted by atomic mass is 16.5. The van der Waals surface area contributed by atoms with Crippen LogP contribution in [0.25, 0.3) is 11.1 Å². The average molecular weight is 487 g/mol. The largest absolute Gasteiger partial charge is 0.492 e. The fourth-order valence-electron chi connectivity index (χ4n) is 4.67. The molecule has 7 nitrogen and oxygen atoms in total. The van der Waals surface area contributed by atoms with Gasteiger partial charge in [0.1, 0.15) is 12.4 Å². The molecule has 0 spiro atoms. The molecule has 3 aromatic rings. The number of nitrogen functional groups attached to an aromatic ring is 1. The number of nitrogens with one attached hydrogen (secondary N) is 1. The minimum Gasteiger partial charge on any atom is -0.492 e. The van der Waals surface area contributed by atoms with Crippen LogP contribution in [-0.2, 0) is 0 Å². The van der Waals surface area contributed by atoms with Crippen LogP contribution in [0, 0.1) is 20.8 Å². The van der Waals surface area contributed by atoms with Gasteiger partial charge in [-0.2, -0.15) is 0 Å². The Kier molecular flexibility index (Phi) is 8.13. The lowest BCUT2D eigenvalue weighted by atomic mass is 9.94. The first-order chi connectivity index (χ1) is 17.3. The van der Waals surface area contributed by atoms with Gasteiger partial charge in [-0.25, -0.2) is 4.99 Å². The zero-order chi connectivity index (χ0) is 25.7. The van der Waals surface area contributed by atoms with E-state index in [4.69, 9.17) is 16.2 Å². The van der Waals surface area contributed by atoms with Crippen molar-refractivity contribution in [3.63, 3.8) is 0 Å². The second kappa shape index (κ2) is 11.5. The summed E-state index contributed by atoms with van der Waals surface area (Å²) in [5.74, 6) is 1.13. The van der Waals surface area contributed by atoms with Gasteiger partial charge >= 0.3 is 0 Å². The molecule has 0 unspecified atom stereocenters. The van der Waals surface area contributed by atoms with Crippen molar-refractivity contribution in [1.29, 1.82) is 0 Å². The molecule has 7 heteroatoms. The number of aliphatic imine (C=N–C) groups is 1. The van der Waals surface area contributed by atoms with Gasteiger partial charge in [0.05, 0.1) is 11.4 Å². The highest BCUT2D eigenvalue weighted by Crippen LogP contribution is 2.35. The van der Waals surface area contributed by atoms with E-state index in [1.54, 1.807) is 0 Å². The third-order valence-electron chi connectivity index (χ3n) is 6.73. The molecule has 1 saturated heterocycles. The minimum atomic E-state index is 0.286. The molecule has 3 aromatic carbocycles. The van der Waals surface area contributed by atoms with E-state index in [1.807, 2.05) is 37.3 Å². The number of benzene rings is 3. The van der Waals surface area contributed by atoms with E-state index >= 15 is 0 Å². The van der Waals surface area contributed by atoms with Crippen LogP contribution >= 0.6 is 0 Å². The van der Waals surface area contributed by atoms with E-state index in [-0.39, 0.29) is 5.96 Å². The molecule has 0 amide bonds. The zero-order valence-corrected chi connectivity index (χ0v) is 21.8. The van der Waals surface area contributed by atoms with Crippen LogP contribution in [0.15, 0.2) is 59.6 Å². The Labute approximate surface area is 214 Å². The summed E-state index contributed by atoms with van der Waals surface area (Å²) in [5, 5.41) is 3.15. The average Bonchev–Trinajstić information content (AvgIpc) is 2.84. The Morgan fingerprint density at radius 1 is 0.944 bits per heavy atom. The van der Waals surface area contributed by atoms with Gasteiger partial charge in [-0.1, -0.05) is 18.2 Å². The molecule has 4 rings (SSSR count). The van der Waals surface area contributed by atoms with E-state index in [0.29, 0.717) is 18.0 Å². The second-order valence-electron chi connectivity index (χ2n) is 9.64. The Morgan fingerprint density at radius 2 is 1.61 bits per heavy atom. The summed E-state index contributed by atoms with van der Waals surface area (Å²) in [4.78, 5) is 9.38. The monoisotopic (exact) mass is 486 g/mol. The zero-order valence-electron chi connectivity index (χ0n) is 21.8. The molecule has 0 atom stereocenters. The van der Waals surface area contributed by atoms with Crippen molar-refractivity contribution in [3.05, 3.63) is 71.3 Å². The molecule has 0 aliphatic carbocycles. The van der Waals surface area contributed by atoms with Crippen LogP contribution < -0.4 is 21.5 Å². The van der Waals surface area contributed by atoms with Crippen molar-refractivity contribution >= 4 is 23.0 Å². The highest BCUT2D eigenvalue weighted by molar-refractivity contribution is 5.95. The third kappa shape index (κ3) is 6.36. The Bertz CT molecular complexity index is 1170. The summed E-state index contributed by atoms with van der Waals surface area (Å²) in [6, 6.07) is 18.2. The summed E-state index contributed by atoms with van der Waals surface area (Å²) in [6.07, 6.45) is 0. The number of likely N-dealkylation sites (N-methyl/N-ethyl adjacent to an activating group) is 1. The van der Waals surface area contributed by atoms with Crippen molar-refractivity contribution in [2.75, 3.05) is 57.4 Å². The molecule has 0 bridgehead atoms. The van der Waals surface area contributed by atoms with Gasteiger partial charge in [0, 0.05) is 38.4 Å². The maximum atomic E-state index is 6.42. The molecule has 36 heavy (non-hydrogen) atoms. The molecular weight excluding hydrogens is 448 g/mol. The molecule has 0 saturated carbocycles. The molecule has 190 valence electrons.